The number of allylic oxidation sites excluding steroid dienone is 3. The average Bonchev–Trinajstić information content (AvgIpc) is 3.06. The van der Waals surface area contributed by atoms with Crippen LogP contribution in [-0.2, 0) is 4.74 Å². The van der Waals surface area contributed by atoms with Gasteiger partial charge in [0.15, 0.2) is 0 Å². The van der Waals surface area contributed by atoms with Gasteiger partial charge in [0.1, 0.15) is 0 Å². The summed E-state index contributed by atoms with van der Waals surface area (Å²) in [5, 5.41) is 30.1. The zero-order valence-corrected chi connectivity index (χ0v) is 20.8. The lowest BCUT2D eigenvalue weighted by Gasteiger charge is -2.44. The maximum atomic E-state index is 10.1. The lowest BCUT2D eigenvalue weighted by atomic mass is 9.62. The summed E-state index contributed by atoms with van der Waals surface area (Å²) in [4.78, 5) is 0. The number of unbranched alkanes of at least 4 members (excludes halogenated alkanes) is 1. The van der Waals surface area contributed by atoms with E-state index in [9.17, 15) is 15.3 Å². The van der Waals surface area contributed by atoms with Crippen molar-refractivity contribution < 1.29 is 20.1 Å². The molecule has 0 amide bonds. The topological polar surface area (TPSA) is 69.9 Å². The van der Waals surface area contributed by atoms with Crippen LogP contribution in [0.2, 0.25) is 0 Å². The average molecular weight is 447 g/mol. The smallest absolute Gasteiger partial charge is 0.0811 e. The van der Waals surface area contributed by atoms with Crippen molar-refractivity contribution in [3.63, 3.8) is 0 Å². The molecule has 0 aliphatic heterocycles. The van der Waals surface area contributed by atoms with Crippen molar-refractivity contribution in [2.24, 2.45) is 17.3 Å². The summed E-state index contributed by atoms with van der Waals surface area (Å²) < 4.78 is 6.30. The van der Waals surface area contributed by atoms with E-state index < -0.39 is 17.8 Å². The third-order valence-corrected chi connectivity index (χ3v) is 8.43. The number of aliphatic hydroxyl groups excluding tert-OH is 2. The molecule has 0 aromatic carbocycles. The summed E-state index contributed by atoms with van der Waals surface area (Å²) in [5.74, 6) is 1.16. The monoisotopic (exact) mass is 446 g/mol. The van der Waals surface area contributed by atoms with Gasteiger partial charge >= 0.3 is 0 Å². The molecule has 3 N–H and O–H groups in total. The van der Waals surface area contributed by atoms with E-state index in [0.717, 1.165) is 43.4 Å². The van der Waals surface area contributed by atoms with E-state index in [0.29, 0.717) is 24.7 Å². The molecule has 0 radical (unpaired) electrons. The van der Waals surface area contributed by atoms with E-state index in [1.807, 2.05) is 13.8 Å². The summed E-state index contributed by atoms with van der Waals surface area (Å²) >= 11 is 0. The van der Waals surface area contributed by atoms with Crippen molar-refractivity contribution in [1.29, 1.82) is 0 Å². The van der Waals surface area contributed by atoms with Crippen LogP contribution in [0.25, 0.3) is 0 Å². The molecular weight excluding hydrogens is 400 g/mol. The van der Waals surface area contributed by atoms with Crippen LogP contribution in [0.4, 0.5) is 0 Å². The zero-order valence-electron chi connectivity index (χ0n) is 20.8. The van der Waals surface area contributed by atoms with Crippen LogP contribution in [-0.4, -0.2) is 45.8 Å². The largest absolute Gasteiger partial charge is 0.393 e. The molecule has 0 spiro atoms. The van der Waals surface area contributed by atoms with E-state index in [4.69, 9.17) is 4.74 Å². The van der Waals surface area contributed by atoms with Crippen LogP contribution >= 0.6 is 0 Å². The van der Waals surface area contributed by atoms with Crippen molar-refractivity contribution in [2.45, 2.75) is 116 Å². The Bertz CT molecular complexity index is 715. The summed E-state index contributed by atoms with van der Waals surface area (Å²) in [6.45, 7) is 13.3. The fourth-order valence-corrected chi connectivity index (χ4v) is 6.56. The van der Waals surface area contributed by atoms with Gasteiger partial charge in [0.05, 0.1) is 23.9 Å². The highest BCUT2D eigenvalue weighted by Crippen LogP contribution is 2.58. The minimum absolute atomic E-state index is 0.258. The number of fused-ring (bicyclic) bond motifs is 1. The van der Waals surface area contributed by atoms with Gasteiger partial charge in [0.2, 0.25) is 0 Å². The Balaban J connectivity index is 1.61. The van der Waals surface area contributed by atoms with Crippen LogP contribution in [0.5, 0.6) is 0 Å². The molecular formula is C28H46O4. The second-order valence-corrected chi connectivity index (χ2v) is 11.5. The highest BCUT2D eigenvalue weighted by molar-refractivity contribution is 5.38. The number of hydrogen-bond donors (Lipinski definition) is 3. The summed E-state index contributed by atoms with van der Waals surface area (Å²) in [7, 11) is 0. The fraction of sp³-hybridized carbons (Fsp3) is 0.786. The van der Waals surface area contributed by atoms with Crippen molar-refractivity contribution in [3.05, 3.63) is 35.5 Å². The Labute approximate surface area is 195 Å². The lowest BCUT2D eigenvalue weighted by Crippen LogP contribution is -2.38. The molecule has 182 valence electrons. The highest BCUT2D eigenvalue weighted by Gasteiger charge is 2.51. The lowest BCUT2D eigenvalue weighted by molar-refractivity contribution is -0.0274. The number of ether oxygens (including phenoxy) is 1. The Hall–Kier alpha value is -0.940. The first kappa shape index (κ1) is 25.7. The number of hydrogen-bond acceptors (Lipinski definition) is 4. The summed E-state index contributed by atoms with van der Waals surface area (Å²) in [6, 6.07) is 0. The van der Waals surface area contributed by atoms with Crippen molar-refractivity contribution in [2.75, 3.05) is 6.61 Å². The number of rotatable bonds is 8. The van der Waals surface area contributed by atoms with Crippen LogP contribution in [0.15, 0.2) is 35.5 Å². The molecule has 0 aromatic heterocycles. The molecule has 4 heteroatoms. The van der Waals surface area contributed by atoms with Crippen LogP contribution in [0.3, 0.4) is 0 Å². The van der Waals surface area contributed by atoms with Crippen molar-refractivity contribution in [3.8, 4) is 0 Å². The van der Waals surface area contributed by atoms with Crippen LogP contribution < -0.4 is 0 Å². The Morgan fingerprint density at radius 2 is 1.97 bits per heavy atom. The van der Waals surface area contributed by atoms with Crippen molar-refractivity contribution in [1.82, 2.24) is 0 Å². The Kier molecular flexibility index (Phi) is 8.46. The molecule has 3 aliphatic carbocycles. The minimum Gasteiger partial charge on any atom is -0.393 e. The second kappa shape index (κ2) is 10.5. The van der Waals surface area contributed by atoms with Gasteiger partial charge in [0.25, 0.3) is 0 Å². The molecule has 3 aliphatic rings. The standard InChI is InChI=1S/C28H46O4/c1-19-22(17-23(29)18-26(19)30)11-10-21-9-8-15-28(5)24(12-13-25(21)28)20(2)32-16-7-6-14-27(3,4)31/h10-11,20,23-26,29-31H,1,6-9,12-18H2,2-5H3/b21-10+,22-11+/t20-,23-,24-,25+,26+,28-/m1/s1. The van der Waals surface area contributed by atoms with E-state index in [1.54, 1.807) is 0 Å². The van der Waals surface area contributed by atoms with Crippen molar-refractivity contribution >= 4 is 0 Å². The maximum Gasteiger partial charge on any atom is 0.0811 e. The third-order valence-electron chi connectivity index (χ3n) is 8.43. The molecule has 6 atom stereocenters. The van der Waals surface area contributed by atoms with Gasteiger partial charge in [-0.05, 0) is 107 Å². The summed E-state index contributed by atoms with van der Waals surface area (Å²) in [6.07, 6.45) is 13.4. The predicted molar refractivity (Wildman–Crippen MR) is 130 cm³/mol. The van der Waals surface area contributed by atoms with Crippen LogP contribution in [0.1, 0.15) is 91.9 Å². The molecule has 4 nitrogen and oxygen atoms in total. The number of aliphatic hydroxyl groups is 3. The molecule has 0 bridgehead atoms. The molecule has 3 rings (SSSR count). The predicted octanol–water partition coefficient (Wildman–Crippen LogP) is 5.47. The van der Waals surface area contributed by atoms with Gasteiger partial charge in [-0.3, -0.25) is 0 Å². The first-order chi connectivity index (χ1) is 15.0. The van der Waals surface area contributed by atoms with E-state index >= 15 is 0 Å². The first-order valence-corrected chi connectivity index (χ1v) is 12.8. The molecule has 0 aromatic rings. The minimum atomic E-state index is -0.627. The molecule has 0 saturated heterocycles. The fourth-order valence-electron chi connectivity index (χ4n) is 6.56. The normalized spacial score (nSPS) is 37.2. The van der Waals surface area contributed by atoms with Gasteiger partial charge in [-0.1, -0.05) is 31.2 Å². The molecule has 32 heavy (non-hydrogen) atoms. The Morgan fingerprint density at radius 1 is 1.22 bits per heavy atom. The maximum absolute atomic E-state index is 10.1. The molecule has 3 saturated carbocycles. The second-order valence-electron chi connectivity index (χ2n) is 11.5. The zero-order chi connectivity index (χ0) is 23.5. The van der Waals surface area contributed by atoms with Gasteiger partial charge < -0.3 is 20.1 Å². The highest BCUT2D eigenvalue weighted by atomic mass is 16.5. The summed E-state index contributed by atoms with van der Waals surface area (Å²) in [5.41, 5.74) is 2.97. The quantitative estimate of drug-likeness (QED) is 0.432. The molecule has 0 heterocycles. The van der Waals surface area contributed by atoms with E-state index in [-0.39, 0.29) is 11.5 Å². The first-order valence-electron chi connectivity index (χ1n) is 12.8. The van der Waals surface area contributed by atoms with E-state index in [2.05, 4.69) is 32.6 Å². The third kappa shape index (κ3) is 6.14. The molecule has 3 fully saturated rings. The van der Waals surface area contributed by atoms with E-state index in [1.165, 1.54) is 31.3 Å². The van der Waals surface area contributed by atoms with Gasteiger partial charge in [0, 0.05) is 13.0 Å². The van der Waals surface area contributed by atoms with Gasteiger partial charge in [-0.25, -0.2) is 0 Å². The van der Waals surface area contributed by atoms with Gasteiger partial charge in [-0.15, -0.1) is 0 Å². The van der Waals surface area contributed by atoms with Gasteiger partial charge in [-0.2, -0.15) is 0 Å². The van der Waals surface area contributed by atoms with Crippen LogP contribution in [0, 0.1) is 17.3 Å². The SMILES string of the molecule is C=C1/C(=C/C=C2\CCC[C@]3(C)[C@@H]([C@@H](C)OCCCCC(C)(C)O)CC[C@@H]23)C[C@@H](O)C[C@@H]1O. The molecule has 0 unspecified atom stereocenters. The Morgan fingerprint density at radius 3 is 2.69 bits per heavy atom.